The van der Waals surface area contributed by atoms with E-state index in [0.717, 1.165) is 6.07 Å². The van der Waals surface area contributed by atoms with Gasteiger partial charge in [0.2, 0.25) is 5.91 Å². The molecule has 0 unspecified atom stereocenters. The van der Waals surface area contributed by atoms with E-state index in [0.29, 0.717) is 33.8 Å². The van der Waals surface area contributed by atoms with Crippen molar-refractivity contribution in [3.05, 3.63) is 59.5 Å². The van der Waals surface area contributed by atoms with Crippen molar-refractivity contribution in [3.63, 3.8) is 0 Å². The van der Waals surface area contributed by atoms with Crippen molar-refractivity contribution in [1.29, 1.82) is 0 Å². The largest absolute Gasteiger partial charge is 0.417 e. The molecule has 0 aliphatic rings. The summed E-state index contributed by atoms with van der Waals surface area (Å²) in [6.45, 7) is 4.56. The van der Waals surface area contributed by atoms with Gasteiger partial charge in [-0.25, -0.2) is 15.0 Å². The number of aromatic nitrogens is 4. The Balaban J connectivity index is 1.79. The van der Waals surface area contributed by atoms with Gasteiger partial charge in [0.25, 0.3) is 5.91 Å². The third kappa shape index (κ3) is 4.53. The van der Waals surface area contributed by atoms with E-state index in [1.165, 1.54) is 23.0 Å². The summed E-state index contributed by atoms with van der Waals surface area (Å²) in [4.78, 5) is 34.5. The zero-order valence-electron chi connectivity index (χ0n) is 20.0. The van der Waals surface area contributed by atoms with E-state index < -0.39 is 29.6 Å². The number of hydrogen-bond acceptors (Lipinski definition) is 6. The number of anilines is 1. The van der Waals surface area contributed by atoms with Crippen LogP contribution in [0.2, 0.25) is 0 Å². The van der Waals surface area contributed by atoms with E-state index in [9.17, 15) is 22.8 Å². The number of nitrogen functional groups attached to an aromatic ring is 1. The molecule has 2 amide bonds. The number of carbonyl (C=O) groups excluding carboxylic acids is 2. The highest BCUT2D eigenvalue weighted by atomic mass is 19.4. The molecule has 4 rings (SSSR count). The Bertz CT molecular complexity index is 1460. The molecule has 36 heavy (non-hydrogen) atoms. The van der Waals surface area contributed by atoms with Gasteiger partial charge in [-0.1, -0.05) is 0 Å². The van der Waals surface area contributed by atoms with Gasteiger partial charge in [0.1, 0.15) is 5.82 Å². The van der Waals surface area contributed by atoms with Crippen LogP contribution in [0.25, 0.3) is 21.8 Å². The van der Waals surface area contributed by atoms with Gasteiger partial charge in [-0.05, 0) is 44.2 Å². The van der Waals surface area contributed by atoms with Gasteiger partial charge in [-0.15, -0.1) is 0 Å². The Morgan fingerprint density at radius 3 is 2.42 bits per heavy atom. The van der Waals surface area contributed by atoms with Crippen LogP contribution >= 0.6 is 0 Å². The fourth-order valence-corrected chi connectivity index (χ4v) is 4.14. The molecule has 0 aliphatic carbocycles. The van der Waals surface area contributed by atoms with E-state index in [2.05, 4.69) is 15.1 Å². The van der Waals surface area contributed by atoms with Gasteiger partial charge >= 0.3 is 6.18 Å². The Morgan fingerprint density at radius 1 is 1.11 bits per heavy atom. The number of nitrogens with two attached hydrogens (primary N) is 1. The van der Waals surface area contributed by atoms with E-state index >= 15 is 0 Å². The van der Waals surface area contributed by atoms with E-state index in [1.807, 2.05) is 0 Å². The first-order valence-corrected chi connectivity index (χ1v) is 11.0. The molecular formula is C24H24F3N7O2. The molecule has 0 atom stereocenters. The van der Waals surface area contributed by atoms with Gasteiger partial charge in [0, 0.05) is 37.2 Å². The lowest BCUT2D eigenvalue weighted by molar-refractivity contribution is -0.147. The number of aryl methyl sites for hydroxylation is 1. The number of rotatable bonds is 4. The molecule has 0 bridgehead atoms. The van der Waals surface area contributed by atoms with Crippen molar-refractivity contribution >= 4 is 39.4 Å². The van der Waals surface area contributed by atoms with Crippen LogP contribution in [-0.4, -0.2) is 47.6 Å². The lowest BCUT2D eigenvalue weighted by atomic mass is 10.1. The van der Waals surface area contributed by atoms with Crippen molar-refractivity contribution in [2.75, 3.05) is 5.73 Å². The topological polar surface area (TPSA) is 110 Å². The van der Waals surface area contributed by atoms with Crippen LogP contribution in [0.5, 0.6) is 0 Å². The number of fused-ring (bicyclic) bond motifs is 3. The minimum absolute atomic E-state index is 0.188. The van der Waals surface area contributed by atoms with Crippen molar-refractivity contribution in [3.8, 4) is 0 Å². The van der Waals surface area contributed by atoms with Crippen molar-refractivity contribution in [1.82, 2.24) is 29.8 Å². The molecular weight excluding hydrogens is 475 g/mol. The predicted octanol–water partition coefficient (Wildman–Crippen LogP) is 3.93. The first kappa shape index (κ1) is 24.9. The van der Waals surface area contributed by atoms with Crippen LogP contribution in [0.15, 0.2) is 42.7 Å². The molecule has 3 aromatic heterocycles. The minimum Gasteiger partial charge on any atom is -0.383 e. The van der Waals surface area contributed by atoms with Crippen LogP contribution in [0, 0.1) is 0 Å². The van der Waals surface area contributed by atoms with E-state index in [4.69, 9.17) is 5.73 Å². The Morgan fingerprint density at radius 2 is 1.83 bits per heavy atom. The summed E-state index contributed by atoms with van der Waals surface area (Å²) in [5.74, 6) is -0.633. The minimum atomic E-state index is -4.54. The zero-order valence-corrected chi connectivity index (χ0v) is 20.0. The summed E-state index contributed by atoms with van der Waals surface area (Å²) >= 11 is 0. The monoisotopic (exact) mass is 499 g/mol. The summed E-state index contributed by atoms with van der Waals surface area (Å²) < 4.78 is 40.5. The molecule has 0 saturated heterocycles. The van der Waals surface area contributed by atoms with Crippen molar-refractivity contribution in [2.45, 2.75) is 39.5 Å². The second-order valence-corrected chi connectivity index (χ2v) is 8.62. The lowest BCUT2D eigenvalue weighted by Crippen LogP contribution is -2.52. The molecule has 9 nitrogen and oxygen atoms in total. The number of benzene rings is 1. The van der Waals surface area contributed by atoms with Crippen LogP contribution in [0.1, 0.15) is 42.4 Å². The summed E-state index contributed by atoms with van der Waals surface area (Å²) in [6.07, 6.45) is -2.24. The second-order valence-electron chi connectivity index (χ2n) is 8.62. The summed E-state index contributed by atoms with van der Waals surface area (Å²) in [6, 6.07) is 6.52. The molecule has 0 aliphatic heterocycles. The van der Waals surface area contributed by atoms with E-state index in [1.54, 1.807) is 50.0 Å². The first-order chi connectivity index (χ1) is 16.9. The molecule has 3 heterocycles. The van der Waals surface area contributed by atoms with Crippen LogP contribution in [-0.2, 0) is 24.6 Å². The van der Waals surface area contributed by atoms with E-state index in [-0.39, 0.29) is 17.8 Å². The molecule has 2 N–H and O–H groups in total. The molecule has 0 saturated carbocycles. The number of hydrogen-bond donors (Lipinski definition) is 1. The van der Waals surface area contributed by atoms with Crippen molar-refractivity contribution in [2.24, 2.45) is 7.05 Å². The van der Waals surface area contributed by atoms with Crippen LogP contribution < -0.4 is 5.73 Å². The predicted molar refractivity (Wildman–Crippen MR) is 127 cm³/mol. The molecule has 0 radical (unpaired) electrons. The number of amides is 2. The molecule has 4 aromatic rings. The Kier molecular flexibility index (Phi) is 6.29. The third-order valence-corrected chi connectivity index (χ3v) is 5.72. The molecule has 0 fully saturated rings. The van der Waals surface area contributed by atoms with Crippen molar-refractivity contribution < 1.29 is 22.8 Å². The maximum absolute atomic E-state index is 13.8. The number of nitrogens with zero attached hydrogens (tertiary/aromatic N) is 6. The SMILES string of the molecule is CC(=O)N(C(C)C)N(Cc1ccc(C(F)(F)F)cn1)C(=O)c1ccc2nc(N)c3cnn(C)c3c2c1. The number of carbonyl (C=O) groups is 2. The average molecular weight is 499 g/mol. The highest BCUT2D eigenvalue weighted by Gasteiger charge is 2.32. The highest BCUT2D eigenvalue weighted by Crippen LogP contribution is 2.30. The summed E-state index contributed by atoms with van der Waals surface area (Å²) in [7, 11) is 1.74. The molecule has 0 spiro atoms. The average Bonchev–Trinajstić information content (AvgIpc) is 3.20. The maximum atomic E-state index is 13.8. The second kappa shape index (κ2) is 9.10. The number of pyridine rings is 2. The smallest absolute Gasteiger partial charge is 0.383 e. The number of alkyl halides is 3. The lowest BCUT2D eigenvalue weighted by Gasteiger charge is -2.37. The van der Waals surface area contributed by atoms with Gasteiger partial charge in [-0.2, -0.15) is 18.3 Å². The quantitative estimate of drug-likeness (QED) is 0.426. The number of halogens is 3. The summed E-state index contributed by atoms with van der Waals surface area (Å²) in [5.41, 5.74) is 6.83. The van der Waals surface area contributed by atoms with Gasteiger partial charge in [0.15, 0.2) is 0 Å². The maximum Gasteiger partial charge on any atom is 0.417 e. The first-order valence-electron chi connectivity index (χ1n) is 11.0. The molecule has 1 aromatic carbocycles. The van der Waals surface area contributed by atoms with Gasteiger partial charge < -0.3 is 5.73 Å². The normalized spacial score (nSPS) is 11.9. The highest BCUT2D eigenvalue weighted by molar-refractivity contribution is 6.10. The van der Waals surface area contributed by atoms with Gasteiger partial charge in [-0.3, -0.25) is 19.3 Å². The fourth-order valence-electron chi connectivity index (χ4n) is 4.14. The Labute approximate surface area is 204 Å². The third-order valence-electron chi connectivity index (χ3n) is 5.72. The fraction of sp³-hybridized carbons (Fsp3) is 0.292. The van der Waals surface area contributed by atoms with Crippen LogP contribution in [0.3, 0.4) is 0 Å². The zero-order chi connectivity index (χ0) is 26.4. The standard InChI is InChI=1S/C24H24F3N7O2/c1-13(2)34(14(3)35)33(12-17-7-6-16(10-29-17)24(25,26)27)23(36)15-5-8-20-18(9-15)21-19(22(28)31-20)11-30-32(21)4/h5-11,13H,12H2,1-4H3,(H2,28,31). The Hall–Kier alpha value is -4.22. The number of hydrazine groups is 1. The van der Waals surface area contributed by atoms with Gasteiger partial charge in [0.05, 0.1) is 40.4 Å². The summed E-state index contributed by atoms with van der Waals surface area (Å²) in [5, 5.41) is 7.95. The molecule has 188 valence electrons. The molecule has 12 heteroatoms. The van der Waals surface area contributed by atoms with Crippen LogP contribution in [0.4, 0.5) is 19.0 Å².